The molecular weight excluding hydrogens is 142 g/mol. The second kappa shape index (κ2) is 3.81. The van der Waals surface area contributed by atoms with E-state index in [0.29, 0.717) is 6.54 Å². The van der Waals surface area contributed by atoms with Crippen molar-refractivity contribution in [2.45, 2.75) is 26.3 Å². The summed E-state index contributed by atoms with van der Waals surface area (Å²) < 4.78 is 0. The quantitative estimate of drug-likeness (QED) is 0.613. The number of urea groups is 1. The first-order valence-electron chi connectivity index (χ1n) is 3.49. The zero-order chi connectivity index (χ0) is 8.91. The Bertz CT molecular complexity index is 181. The van der Waals surface area contributed by atoms with Crippen molar-refractivity contribution in [1.82, 2.24) is 10.6 Å². The lowest BCUT2D eigenvalue weighted by Crippen LogP contribution is -2.47. The molecule has 0 aromatic rings. The lowest BCUT2D eigenvalue weighted by Gasteiger charge is -2.17. The molecule has 11 heavy (non-hydrogen) atoms. The summed E-state index contributed by atoms with van der Waals surface area (Å²) >= 11 is 0. The van der Waals surface area contributed by atoms with Crippen LogP contribution in [0.4, 0.5) is 4.79 Å². The molecule has 0 fully saturated rings. The van der Waals surface area contributed by atoms with E-state index in [9.17, 15) is 4.79 Å². The fraction of sp³-hybridized carbons (Fsp3) is 0.714. The Morgan fingerprint density at radius 2 is 2.18 bits per heavy atom. The SMILES string of the molecule is CCNC(=O)NC(C)(C)C#N. The van der Waals surface area contributed by atoms with Crippen LogP contribution in [0.2, 0.25) is 0 Å². The van der Waals surface area contributed by atoms with Crippen LogP contribution in [0.5, 0.6) is 0 Å². The average Bonchev–Trinajstić information content (AvgIpc) is 1.87. The monoisotopic (exact) mass is 155 g/mol. The normalized spacial score (nSPS) is 10.0. The van der Waals surface area contributed by atoms with Crippen LogP contribution in [0.1, 0.15) is 20.8 Å². The van der Waals surface area contributed by atoms with Crippen LogP contribution < -0.4 is 10.6 Å². The number of rotatable bonds is 2. The van der Waals surface area contributed by atoms with Crippen molar-refractivity contribution < 1.29 is 4.79 Å². The van der Waals surface area contributed by atoms with Gasteiger partial charge in [0.2, 0.25) is 0 Å². The van der Waals surface area contributed by atoms with Crippen molar-refractivity contribution in [3.8, 4) is 6.07 Å². The van der Waals surface area contributed by atoms with Crippen molar-refractivity contribution in [3.63, 3.8) is 0 Å². The Kier molecular flexibility index (Phi) is 3.38. The fourth-order valence-electron chi connectivity index (χ4n) is 0.517. The first-order valence-corrected chi connectivity index (χ1v) is 3.49. The highest BCUT2D eigenvalue weighted by atomic mass is 16.2. The number of nitriles is 1. The van der Waals surface area contributed by atoms with Crippen molar-refractivity contribution in [1.29, 1.82) is 5.26 Å². The van der Waals surface area contributed by atoms with Crippen LogP contribution in [0.15, 0.2) is 0 Å². The molecule has 0 heterocycles. The highest BCUT2D eigenvalue weighted by Crippen LogP contribution is 1.97. The third-order valence-electron chi connectivity index (χ3n) is 1.04. The summed E-state index contributed by atoms with van der Waals surface area (Å²) in [6, 6.07) is 1.65. The molecule has 4 nitrogen and oxygen atoms in total. The van der Waals surface area contributed by atoms with Gasteiger partial charge in [0, 0.05) is 6.54 Å². The summed E-state index contributed by atoms with van der Waals surface area (Å²) in [5, 5.41) is 13.5. The van der Waals surface area contributed by atoms with Crippen LogP contribution >= 0.6 is 0 Å². The third kappa shape index (κ3) is 4.20. The molecular formula is C7H13N3O. The first-order chi connectivity index (χ1) is 5.02. The van der Waals surface area contributed by atoms with Gasteiger partial charge < -0.3 is 10.6 Å². The van der Waals surface area contributed by atoms with Gasteiger partial charge in [0.05, 0.1) is 6.07 Å². The summed E-state index contributed by atoms with van der Waals surface area (Å²) in [5.41, 5.74) is -0.792. The van der Waals surface area contributed by atoms with E-state index in [0.717, 1.165) is 0 Å². The predicted octanol–water partition coefficient (Wildman–Crippen LogP) is 0.608. The Morgan fingerprint density at radius 1 is 1.64 bits per heavy atom. The van der Waals surface area contributed by atoms with Crippen LogP contribution in [-0.2, 0) is 0 Å². The number of carbonyl (C=O) groups is 1. The Morgan fingerprint density at radius 3 is 2.55 bits per heavy atom. The second-order valence-corrected chi connectivity index (χ2v) is 2.72. The minimum atomic E-state index is -0.792. The molecule has 0 spiro atoms. The van der Waals surface area contributed by atoms with Gasteiger partial charge in [-0.3, -0.25) is 0 Å². The summed E-state index contributed by atoms with van der Waals surface area (Å²) in [6.07, 6.45) is 0. The summed E-state index contributed by atoms with van der Waals surface area (Å²) in [7, 11) is 0. The van der Waals surface area contributed by atoms with E-state index in [1.807, 2.05) is 13.0 Å². The largest absolute Gasteiger partial charge is 0.338 e. The smallest absolute Gasteiger partial charge is 0.316 e. The van der Waals surface area contributed by atoms with Crippen LogP contribution in [0.3, 0.4) is 0 Å². The number of carbonyl (C=O) groups excluding carboxylic acids is 1. The molecule has 0 aliphatic heterocycles. The summed E-state index contributed by atoms with van der Waals surface area (Å²) in [5.74, 6) is 0. The van der Waals surface area contributed by atoms with Gasteiger partial charge >= 0.3 is 6.03 Å². The van der Waals surface area contributed by atoms with Crippen LogP contribution in [0, 0.1) is 11.3 Å². The van der Waals surface area contributed by atoms with Gasteiger partial charge in [0.25, 0.3) is 0 Å². The van der Waals surface area contributed by atoms with E-state index in [1.54, 1.807) is 13.8 Å². The highest BCUT2D eigenvalue weighted by Gasteiger charge is 2.18. The molecule has 0 radical (unpaired) electrons. The number of nitrogens with zero attached hydrogens (tertiary/aromatic N) is 1. The van der Waals surface area contributed by atoms with Crippen molar-refractivity contribution in [2.24, 2.45) is 0 Å². The molecule has 0 bridgehead atoms. The molecule has 4 heteroatoms. The number of amides is 2. The zero-order valence-electron chi connectivity index (χ0n) is 7.06. The molecule has 0 unspecified atom stereocenters. The number of hydrogen-bond donors (Lipinski definition) is 2. The molecule has 0 atom stereocenters. The lowest BCUT2D eigenvalue weighted by molar-refractivity contribution is 0.235. The molecule has 2 N–H and O–H groups in total. The van der Waals surface area contributed by atoms with Gasteiger partial charge in [-0.2, -0.15) is 5.26 Å². The zero-order valence-corrected chi connectivity index (χ0v) is 7.06. The molecule has 62 valence electrons. The van der Waals surface area contributed by atoms with Gasteiger partial charge in [0.1, 0.15) is 5.54 Å². The lowest BCUT2D eigenvalue weighted by atomic mass is 10.1. The van der Waals surface area contributed by atoms with Gasteiger partial charge in [0.15, 0.2) is 0 Å². The van der Waals surface area contributed by atoms with Gasteiger partial charge in [-0.25, -0.2) is 4.79 Å². The maximum Gasteiger partial charge on any atom is 0.316 e. The maximum absolute atomic E-state index is 10.8. The van der Waals surface area contributed by atoms with Crippen molar-refractivity contribution >= 4 is 6.03 Å². The van der Waals surface area contributed by atoms with Crippen molar-refractivity contribution in [3.05, 3.63) is 0 Å². The van der Waals surface area contributed by atoms with E-state index in [4.69, 9.17) is 5.26 Å². The fourth-order valence-corrected chi connectivity index (χ4v) is 0.517. The summed E-state index contributed by atoms with van der Waals surface area (Å²) in [6.45, 7) is 5.66. The molecule has 0 aliphatic carbocycles. The van der Waals surface area contributed by atoms with E-state index in [-0.39, 0.29) is 6.03 Å². The van der Waals surface area contributed by atoms with E-state index in [1.165, 1.54) is 0 Å². The Hall–Kier alpha value is -1.24. The maximum atomic E-state index is 10.8. The molecule has 0 saturated heterocycles. The van der Waals surface area contributed by atoms with E-state index < -0.39 is 5.54 Å². The minimum Gasteiger partial charge on any atom is -0.338 e. The van der Waals surface area contributed by atoms with Crippen LogP contribution in [-0.4, -0.2) is 18.1 Å². The van der Waals surface area contributed by atoms with Gasteiger partial charge in [-0.05, 0) is 20.8 Å². The van der Waals surface area contributed by atoms with Crippen LogP contribution in [0.25, 0.3) is 0 Å². The molecule has 2 amide bonds. The molecule has 0 aromatic heterocycles. The molecule has 0 saturated carbocycles. The first kappa shape index (κ1) is 9.76. The molecule has 0 aromatic carbocycles. The number of hydrogen-bond acceptors (Lipinski definition) is 2. The number of nitrogens with one attached hydrogen (secondary N) is 2. The Balaban J connectivity index is 3.86. The van der Waals surface area contributed by atoms with Gasteiger partial charge in [-0.15, -0.1) is 0 Å². The summed E-state index contributed by atoms with van der Waals surface area (Å²) in [4.78, 5) is 10.8. The average molecular weight is 155 g/mol. The Labute approximate surface area is 66.6 Å². The van der Waals surface area contributed by atoms with E-state index >= 15 is 0 Å². The van der Waals surface area contributed by atoms with Gasteiger partial charge in [-0.1, -0.05) is 0 Å². The molecule has 0 aliphatic rings. The minimum absolute atomic E-state index is 0.306. The van der Waals surface area contributed by atoms with Crippen molar-refractivity contribution in [2.75, 3.05) is 6.54 Å². The topological polar surface area (TPSA) is 64.9 Å². The standard InChI is InChI=1S/C7H13N3O/c1-4-9-6(11)10-7(2,3)5-8/h4H2,1-3H3,(H2,9,10,11). The molecule has 0 rings (SSSR count). The third-order valence-corrected chi connectivity index (χ3v) is 1.04. The predicted molar refractivity (Wildman–Crippen MR) is 41.9 cm³/mol. The second-order valence-electron chi connectivity index (χ2n) is 2.72. The van der Waals surface area contributed by atoms with E-state index in [2.05, 4.69) is 10.6 Å². The highest BCUT2D eigenvalue weighted by molar-refractivity contribution is 5.75.